The van der Waals surface area contributed by atoms with Crippen molar-refractivity contribution in [3.8, 4) is 0 Å². The van der Waals surface area contributed by atoms with Crippen molar-refractivity contribution >= 4 is 0 Å². The van der Waals surface area contributed by atoms with Crippen LogP contribution in [0, 0.1) is 5.92 Å². The molecule has 0 saturated carbocycles. The van der Waals surface area contributed by atoms with Crippen LogP contribution in [0.4, 0.5) is 0 Å². The molecule has 3 heterocycles. The summed E-state index contributed by atoms with van der Waals surface area (Å²) in [7, 11) is 0. The fourth-order valence-corrected chi connectivity index (χ4v) is 3.34. The molecule has 0 spiro atoms. The molecule has 2 aromatic heterocycles. The van der Waals surface area contributed by atoms with E-state index >= 15 is 0 Å². The van der Waals surface area contributed by atoms with Crippen LogP contribution in [0.1, 0.15) is 70.8 Å². The van der Waals surface area contributed by atoms with Crippen LogP contribution < -0.4 is 5.56 Å². The van der Waals surface area contributed by atoms with E-state index in [4.69, 9.17) is 4.52 Å². The van der Waals surface area contributed by atoms with Gasteiger partial charge >= 0.3 is 0 Å². The first kappa shape index (κ1) is 19.7. The molecule has 1 aliphatic heterocycles. The van der Waals surface area contributed by atoms with E-state index in [-0.39, 0.29) is 16.9 Å². The zero-order valence-electron chi connectivity index (χ0n) is 17.1. The summed E-state index contributed by atoms with van der Waals surface area (Å²) in [5.41, 5.74) is 0.789. The fraction of sp³-hybridized carbons (Fsp3) is 0.700. The summed E-state index contributed by atoms with van der Waals surface area (Å²) in [6, 6.07) is 1.68. The second-order valence-corrected chi connectivity index (χ2v) is 8.94. The van der Waals surface area contributed by atoms with E-state index in [0.29, 0.717) is 18.4 Å². The van der Waals surface area contributed by atoms with Crippen molar-refractivity contribution in [1.82, 2.24) is 24.6 Å². The highest BCUT2D eigenvalue weighted by Crippen LogP contribution is 2.21. The minimum atomic E-state index is -0.103. The van der Waals surface area contributed by atoms with Gasteiger partial charge in [0.1, 0.15) is 0 Å². The molecular formula is C20H31N5O2. The van der Waals surface area contributed by atoms with Gasteiger partial charge in [0.15, 0.2) is 5.82 Å². The molecule has 1 aliphatic rings. The predicted octanol–water partition coefficient (Wildman–Crippen LogP) is 2.96. The Morgan fingerprint density at radius 1 is 1.26 bits per heavy atom. The first-order chi connectivity index (χ1) is 12.7. The van der Waals surface area contributed by atoms with Crippen LogP contribution in [-0.2, 0) is 18.5 Å². The molecule has 1 saturated heterocycles. The Labute approximate surface area is 160 Å². The Kier molecular flexibility index (Phi) is 5.79. The summed E-state index contributed by atoms with van der Waals surface area (Å²) in [6.07, 6.45) is 3.82. The molecule has 0 amide bonds. The normalized spacial score (nSPS) is 17.0. The molecule has 0 atom stereocenters. The van der Waals surface area contributed by atoms with E-state index in [0.717, 1.165) is 44.0 Å². The van der Waals surface area contributed by atoms with Gasteiger partial charge in [-0.3, -0.25) is 14.3 Å². The lowest BCUT2D eigenvalue weighted by Crippen LogP contribution is -2.36. The fourth-order valence-electron chi connectivity index (χ4n) is 3.34. The van der Waals surface area contributed by atoms with Crippen molar-refractivity contribution in [2.75, 3.05) is 13.1 Å². The van der Waals surface area contributed by atoms with E-state index in [1.54, 1.807) is 17.0 Å². The number of hydrogen-bond donors (Lipinski definition) is 0. The summed E-state index contributed by atoms with van der Waals surface area (Å²) < 4.78 is 7.10. The Bertz CT molecular complexity index is 810. The third kappa shape index (κ3) is 5.03. The molecule has 1 fully saturated rings. The molecule has 2 aromatic rings. The molecule has 0 radical (unpaired) electrons. The molecule has 0 unspecified atom stereocenters. The van der Waals surface area contributed by atoms with Gasteiger partial charge in [0.2, 0.25) is 5.89 Å². The number of likely N-dealkylation sites (tertiary alicyclic amines) is 1. The standard InChI is InChI=1S/C20H31N5O2/c1-14(2)19-22-17(27-23-19)12-24-8-6-15(7-9-24)11-25-13-21-16(10-18(25)26)20(3,4)5/h10,13-15H,6-9,11-12H2,1-5H3. The highest BCUT2D eigenvalue weighted by Gasteiger charge is 2.23. The molecule has 27 heavy (non-hydrogen) atoms. The molecule has 0 bridgehead atoms. The van der Waals surface area contributed by atoms with Gasteiger partial charge in [-0.1, -0.05) is 39.8 Å². The maximum Gasteiger partial charge on any atom is 0.253 e. The monoisotopic (exact) mass is 373 g/mol. The quantitative estimate of drug-likeness (QED) is 0.802. The lowest BCUT2D eigenvalue weighted by Gasteiger charge is -2.31. The van der Waals surface area contributed by atoms with E-state index in [1.165, 1.54) is 0 Å². The van der Waals surface area contributed by atoms with E-state index in [1.807, 2.05) is 0 Å². The largest absolute Gasteiger partial charge is 0.338 e. The maximum absolute atomic E-state index is 12.4. The summed E-state index contributed by atoms with van der Waals surface area (Å²) in [4.78, 5) is 23.7. The number of piperidine rings is 1. The molecule has 3 rings (SSSR count). The first-order valence-corrected chi connectivity index (χ1v) is 9.84. The van der Waals surface area contributed by atoms with Gasteiger partial charge in [0.25, 0.3) is 5.56 Å². The highest BCUT2D eigenvalue weighted by molar-refractivity contribution is 5.10. The van der Waals surface area contributed by atoms with Gasteiger partial charge in [-0.2, -0.15) is 4.98 Å². The summed E-state index contributed by atoms with van der Waals surface area (Å²) >= 11 is 0. The van der Waals surface area contributed by atoms with Crippen LogP contribution in [0.3, 0.4) is 0 Å². The van der Waals surface area contributed by atoms with Crippen molar-refractivity contribution in [2.24, 2.45) is 5.92 Å². The van der Waals surface area contributed by atoms with Gasteiger partial charge in [0, 0.05) is 23.9 Å². The molecular weight excluding hydrogens is 342 g/mol. The van der Waals surface area contributed by atoms with Crippen LogP contribution in [0.25, 0.3) is 0 Å². The van der Waals surface area contributed by atoms with Gasteiger partial charge in [-0.25, -0.2) is 4.98 Å². The second kappa shape index (κ2) is 7.92. The van der Waals surface area contributed by atoms with Crippen LogP contribution in [0.15, 0.2) is 21.7 Å². The molecule has 7 heteroatoms. The number of hydrogen-bond acceptors (Lipinski definition) is 6. The lowest BCUT2D eigenvalue weighted by atomic mass is 9.92. The highest BCUT2D eigenvalue weighted by atomic mass is 16.5. The maximum atomic E-state index is 12.4. The third-order valence-electron chi connectivity index (χ3n) is 5.17. The Balaban J connectivity index is 1.53. The van der Waals surface area contributed by atoms with Crippen molar-refractivity contribution in [3.63, 3.8) is 0 Å². The van der Waals surface area contributed by atoms with Crippen molar-refractivity contribution in [3.05, 3.63) is 40.2 Å². The predicted molar refractivity (Wildman–Crippen MR) is 104 cm³/mol. The smallest absolute Gasteiger partial charge is 0.253 e. The summed E-state index contributed by atoms with van der Waals surface area (Å²) in [6.45, 7) is 13.7. The molecule has 0 N–H and O–H groups in total. The Hall–Kier alpha value is -2.02. The van der Waals surface area contributed by atoms with Crippen LogP contribution in [-0.4, -0.2) is 37.7 Å². The van der Waals surface area contributed by atoms with Gasteiger partial charge < -0.3 is 4.52 Å². The average Bonchev–Trinajstić information content (AvgIpc) is 3.06. The summed E-state index contributed by atoms with van der Waals surface area (Å²) in [5.74, 6) is 2.24. The number of aromatic nitrogens is 4. The second-order valence-electron chi connectivity index (χ2n) is 8.94. The van der Waals surface area contributed by atoms with Gasteiger partial charge in [0.05, 0.1) is 18.6 Å². The van der Waals surface area contributed by atoms with E-state index in [2.05, 4.69) is 54.6 Å². The zero-order chi connectivity index (χ0) is 19.6. The van der Waals surface area contributed by atoms with Gasteiger partial charge in [-0.15, -0.1) is 0 Å². The molecule has 0 aromatic carbocycles. The van der Waals surface area contributed by atoms with Crippen LogP contribution in [0.5, 0.6) is 0 Å². The number of rotatable bonds is 5. The molecule has 7 nitrogen and oxygen atoms in total. The minimum absolute atomic E-state index is 0.0458. The Morgan fingerprint density at radius 3 is 2.52 bits per heavy atom. The van der Waals surface area contributed by atoms with Gasteiger partial charge in [-0.05, 0) is 31.8 Å². The van der Waals surface area contributed by atoms with E-state index < -0.39 is 0 Å². The third-order valence-corrected chi connectivity index (χ3v) is 5.17. The number of nitrogens with zero attached hydrogens (tertiary/aromatic N) is 5. The average molecular weight is 374 g/mol. The Morgan fingerprint density at radius 2 is 1.96 bits per heavy atom. The van der Waals surface area contributed by atoms with Crippen molar-refractivity contribution < 1.29 is 4.52 Å². The van der Waals surface area contributed by atoms with Crippen molar-refractivity contribution in [1.29, 1.82) is 0 Å². The van der Waals surface area contributed by atoms with Crippen molar-refractivity contribution in [2.45, 2.75) is 71.9 Å². The topological polar surface area (TPSA) is 77.0 Å². The van der Waals surface area contributed by atoms with Crippen LogP contribution >= 0.6 is 0 Å². The van der Waals surface area contributed by atoms with Crippen LogP contribution in [0.2, 0.25) is 0 Å². The summed E-state index contributed by atoms with van der Waals surface area (Å²) in [5, 5.41) is 4.03. The SMILES string of the molecule is CC(C)c1noc(CN2CCC(Cn3cnc(C(C)(C)C)cc3=O)CC2)n1. The molecule has 148 valence electrons. The lowest BCUT2D eigenvalue weighted by molar-refractivity contribution is 0.150. The first-order valence-electron chi connectivity index (χ1n) is 9.84. The minimum Gasteiger partial charge on any atom is -0.338 e. The van der Waals surface area contributed by atoms with E-state index in [9.17, 15) is 4.79 Å². The molecule has 0 aliphatic carbocycles. The zero-order valence-corrected chi connectivity index (χ0v) is 17.1.